The molecule has 0 unspecified atom stereocenters. The fraction of sp³-hybridized carbons (Fsp3) is 0.520. The zero-order chi connectivity index (χ0) is 24.4. The van der Waals surface area contributed by atoms with Crippen LogP contribution in [0.4, 0.5) is 10.2 Å². The maximum atomic E-state index is 15.5. The Labute approximate surface area is 203 Å². The van der Waals surface area contributed by atoms with Crippen LogP contribution < -0.4 is 10.1 Å². The molecule has 1 saturated carbocycles. The lowest BCUT2D eigenvalue weighted by molar-refractivity contribution is -0.141. The molecule has 1 aliphatic heterocycles. The minimum Gasteiger partial charge on any atom is -0.473 e. The monoisotopic (exact) mass is 480 g/mol. The van der Waals surface area contributed by atoms with E-state index in [2.05, 4.69) is 26.5 Å². The van der Waals surface area contributed by atoms with Crippen molar-refractivity contribution in [3.05, 3.63) is 36.4 Å². The number of nitriles is 1. The van der Waals surface area contributed by atoms with Crippen LogP contribution in [0.1, 0.15) is 46.0 Å². The molecule has 35 heavy (non-hydrogen) atoms. The Bertz CT molecular complexity index is 1230. The summed E-state index contributed by atoms with van der Waals surface area (Å²) in [6, 6.07) is 8.00. The quantitative estimate of drug-likeness (QED) is 0.532. The summed E-state index contributed by atoms with van der Waals surface area (Å²) in [7, 11) is 0. The number of hydrogen-bond donors (Lipinski definition) is 1. The molecule has 0 bridgehead atoms. The molecular weight excluding hydrogens is 451 g/mol. The van der Waals surface area contributed by atoms with Crippen LogP contribution in [0.15, 0.2) is 30.6 Å². The third-order valence-corrected chi connectivity index (χ3v) is 6.53. The number of hydrogen-bond acceptors (Lipinski definition) is 8. The second kappa shape index (κ2) is 9.76. The Hall–Kier alpha value is -3.29. The fourth-order valence-corrected chi connectivity index (χ4v) is 4.70. The predicted octanol–water partition coefficient (Wildman–Crippen LogP) is 4.35. The van der Waals surface area contributed by atoms with Crippen LogP contribution in [0.2, 0.25) is 0 Å². The van der Waals surface area contributed by atoms with Gasteiger partial charge in [-0.15, -0.1) is 0 Å². The maximum absolute atomic E-state index is 15.5. The minimum absolute atomic E-state index is 0.0614. The number of rotatable bonds is 7. The molecule has 2 aliphatic rings. The molecule has 1 atom stereocenters. The molecule has 0 aromatic carbocycles. The molecule has 0 amide bonds. The molecule has 10 heteroatoms. The Morgan fingerprint density at radius 2 is 2.09 bits per heavy atom. The zero-order valence-electron chi connectivity index (χ0n) is 19.9. The first-order valence-electron chi connectivity index (χ1n) is 12.0. The van der Waals surface area contributed by atoms with Crippen molar-refractivity contribution in [2.24, 2.45) is 5.92 Å². The van der Waals surface area contributed by atoms with Crippen molar-refractivity contribution in [3.8, 4) is 23.3 Å². The number of nitrogens with zero attached hydrogens (tertiary/aromatic N) is 5. The van der Waals surface area contributed by atoms with Crippen molar-refractivity contribution >= 4 is 11.3 Å². The van der Waals surface area contributed by atoms with Gasteiger partial charge in [-0.2, -0.15) is 19.7 Å². The van der Waals surface area contributed by atoms with Crippen molar-refractivity contribution in [2.75, 3.05) is 18.5 Å². The number of fused-ring (bicyclic) bond motifs is 1. The first-order chi connectivity index (χ1) is 16.9. The van der Waals surface area contributed by atoms with Gasteiger partial charge in [0.1, 0.15) is 12.7 Å². The largest absolute Gasteiger partial charge is 0.473 e. The lowest BCUT2D eigenvalue weighted by atomic mass is 9.84. The molecule has 5 rings (SSSR count). The summed E-state index contributed by atoms with van der Waals surface area (Å²) in [5.41, 5.74) is 1.49. The molecule has 1 aliphatic carbocycles. The van der Waals surface area contributed by atoms with Crippen LogP contribution in [0.25, 0.3) is 16.9 Å². The summed E-state index contributed by atoms with van der Waals surface area (Å²) < 4.78 is 34.4. The smallest absolute Gasteiger partial charge is 0.256 e. The maximum Gasteiger partial charge on any atom is 0.256 e. The Kier molecular flexibility index (Phi) is 6.54. The molecule has 3 aromatic heterocycles. The number of halogens is 1. The van der Waals surface area contributed by atoms with Gasteiger partial charge in [-0.1, -0.05) is 6.07 Å². The normalized spacial score (nSPS) is 23.8. The topological polar surface area (TPSA) is 107 Å². The van der Waals surface area contributed by atoms with Crippen LogP contribution in [-0.4, -0.2) is 50.7 Å². The first kappa shape index (κ1) is 23.5. The number of aromatic nitrogens is 4. The average molecular weight is 481 g/mol. The Morgan fingerprint density at radius 3 is 2.83 bits per heavy atom. The van der Waals surface area contributed by atoms with Gasteiger partial charge in [0.2, 0.25) is 5.82 Å². The predicted molar refractivity (Wildman–Crippen MR) is 126 cm³/mol. The molecule has 184 valence electrons. The molecular formula is C25H29FN6O3. The van der Waals surface area contributed by atoms with Crippen molar-refractivity contribution in [2.45, 2.75) is 63.9 Å². The summed E-state index contributed by atoms with van der Waals surface area (Å²) in [4.78, 5) is 8.96. The van der Waals surface area contributed by atoms with E-state index >= 15 is 4.39 Å². The Morgan fingerprint density at radius 1 is 1.26 bits per heavy atom. The second-order valence-electron chi connectivity index (χ2n) is 9.59. The first-order valence-corrected chi connectivity index (χ1v) is 12.0. The number of nitrogens with one attached hydrogen (secondary N) is 1. The van der Waals surface area contributed by atoms with E-state index in [0.717, 1.165) is 31.2 Å². The highest BCUT2D eigenvalue weighted by Crippen LogP contribution is 2.32. The summed E-state index contributed by atoms with van der Waals surface area (Å²) in [6.07, 6.45) is 7.29. The number of anilines is 1. The minimum atomic E-state index is -0.697. The standard InChI is InChI=1S/C25H29FN6O3/c1-25(2)34-15-18(35-25)14-33-24-21(26)23(29-17-8-6-16(7-9-17)10-11-27)30-22(31-24)19-13-28-32-12-4-3-5-20(19)32/h3-5,12-13,16-18H,6-10,14-15H2,1-2H3,(H,29,30,31)/t16?,17?,18-/m1/s1. The van der Waals surface area contributed by atoms with Crippen LogP contribution >= 0.6 is 0 Å². The Balaban J connectivity index is 1.42. The van der Waals surface area contributed by atoms with E-state index in [9.17, 15) is 0 Å². The van der Waals surface area contributed by atoms with Gasteiger partial charge in [0, 0.05) is 18.7 Å². The van der Waals surface area contributed by atoms with Crippen molar-refractivity contribution < 1.29 is 18.6 Å². The van der Waals surface area contributed by atoms with E-state index < -0.39 is 11.6 Å². The van der Waals surface area contributed by atoms with Gasteiger partial charge >= 0.3 is 0 Å². The van der Waals surface area contributed by atoms with Crippen molar-refractivity contribution in [1.82, 2.24) is 19.6 Å². The third kappa shape index (κ3) is 5.21. The van der Waals surface area contributed by atoms with Crippen molar-refractivity contribution in [3.63, 3.8) is 0 Å². The van der Waals surface area contributed by atoms with Crippen LogP contribution in [0.5, 0.6) is 5.88 Å². The van der Waals surface area contributed by atoms with Crippen LogP contribution in [-0.2, 0) is 9.47 Å². The van der Waals surface area contributed by atoms with Gasteiger partial charge in [0.15, 0.2) is 17.4 Å². The van der Waals surface area contributed by atoms with E-state index in [4.69, 9.17) is 19.5 Å². The van der Waals surface area contributed by atoms with Gasteiger partial charge in [0.05, 0.1) is 30.0 Å². The van der Waals surface area contributed by atoms with Gasteiger partial charge in [-0.05, 0) is 57.6 Å². The van der Waals surface area contributed by atoms with E-state index in [0.29, 0.717) is 30.3 Å². The van der Waals surface area contributed by atoms with Gasteiger partial charge in [0.25, 0.3) is 5.88 Å². The molecule has 1 N–H and O–H groups in total. The van der Waals surface area contributed by atoms with E-state index in [1.807, 2.05) is 38.2 Å². The highest BCUT2D eigenvalue weighted by molar-refractivity contribution is 5.76. The average Bonchev–Trinajstić information content (AvgIpc) is 3.43. The van der Waals surface area contributed by atoms with E-state index in [1.165, 1.54) is 0 Å². The van der Waals surface area contributed by atoms with Crippen LogP contribution in [0, 0.1) is 23.1 Å². The summed E-state index contributed by atoms with van der Waals surface area (Å²) in [6.45, 7) is 4.12. The highest BCUT2D eigenvalue weighted by atomic mass is 19.1. The molecule has 3 aromatic rings. The summed E-state index contributed by atoms with van der Waals surface area (Å²) in [5, 5.41) is 16.6. The summed E-state index contributed by atoms with van der Waals surface area (Å²) in [5.74, 6) is -0.640. The van der Waals surface area contributed by atoms with E-state index in [1.54, 1.807) is 10.7 Å². The molecule has 1 saturated heterocycles. The summed E-state index contributed by atoms with van der Waals surface area (Å²) >= 11 is 0. The lowest BCUT2D eigenvalue weighted by Gasteiger charge is -2.28. The van der Waals surface area contributed by atoms with Gasteiger partial charge in [-0.25, -0.2) is 9.50 Å². The number of pyridine rings is 1. The number of ether oxygens (including phenoxy) is 3. The van der Waals surface area contributed by atoms with Gasteiger partial charge < -0.3 is 19.5 Å². The fourth-order valence-electron chi connectivity index (χ4n) is 4.70. The highest BCUT2D eigenvalue weighted by Gasteiger charge is 2.33. The van der Waals surface area contributed by atoms with Crippen LogP contribution in [0.3, 0.4) is 0 Å². The van der Waals surface area contributed by atoms with E-state index in [-0.39, 0.29) is 30.5 Å². The molecule has 2 fully saturated rings. The molecule has 0 radical (unpaired) electrons. The van der Waals surface area contributed by atoms with Crippen molar-refractivity contribution in [1.29, 1.82) is 5.26 Å². The van der Waals surface area contributed by atoms with Gasteiger partial charge in [-0.3, -0.25) is 0 Å². The molecule has 9 nitrogen and oxygen atoms in total. The second-order valence-corrected chi connectivity index (χ2v) is 9.59. The lowest BCUT2D eigenvalue weighted by Crippen LogP contribution is -2.28. The molecule has 4 heterocycles. The SMILES string of the molecule is CC1(C)OC[C@@H](COc2nc(-c3cnn4ccccc34)nc(NC3CCC(CC#N)CC3)c2F)O1. The molecule has 0 spiro atoms. The zero-order valence-corrected chi connectivity index (χ0v) is 19.9. The third-order valence-electron chi connectivity index (χ3n) is 6.53.